The largest absolute Gasteiger partial charge is 0.353 e. The van der Waals surface area contributed by atoms with Gasteiger partial charge in [-0.05, 0) is 64.5 Å². The number of hydrogen-bond donors (Lipinski definition) is 1. The molecular formula is C14H11BrN2. The number of nitrogens with one attached hydrogen (secondary N) is 1. The highest BCUT2D eigenvalue weighted by Gasteiger charge is 2.14. The first-order chi connectivity index (χ1) is 8.31. The predicted octanol–water partition coefficient (Wildman–Crippen LogP) is 3.97. The van der Waals surface area contributed by atoms with Crippen molar-refractivity contribution in [1.29, 1.82) is 0 Å². The lowest BCUT2D eigenvalue weighted by Crippen LogP contribution is -1.81. The molecule has 0 aliphatic heterocycles. The molecule has 2 nitrogen and oxygen atoms in total. The monoisotopic (exact) mass is 286 g/mol. The maximum atomic E-state index is 4.52. The summed E-state index contributed by atoms with van der Waals surface area (Å²) >= 11 is 3.46. The summed E-state index contributed by atoms with van der Waals surface area (Å²) in [4.78, 5) is 7.97. The van der Waals surface area contributed by atoms with Gasteiger partial charge in [0.2, 0.25) is 0 Å². The van der Waals surface area contributed by atoms with E-state index in [2.05, 4.69) is 44.1 Å². The number of halogens is 1. The summed E-state index contributed by atoms with van der Waals surface area (Å²) in [5.74, 6) is 0. The van der Waals surface area contributed by atoms with Crippen molar-refractivity contribution in [3.05, 3.63) is 40.0 Å². The highest BCUT2D eigenvalue weighted by atomic mass is 79.9. The van der Waals surface area contributed by atoms with Crippen molar-refractivity contribution in [2.45, 2.75) is 19.3 Å². The quantitative estimate of drug-likeness (QED) is 0.666. The van der Waals surface area contributed by atoms with Gasteiger partial charge in [0, 0.05) is 21.6 Å². The van der Waals surface area contributed by atoms with Gasteiger partial charge < -0.3 is 4.98 Å². The fraction of sp³-hybridized carbons (Fsp3) is 0.214. The summed E-state index contributed by atoms with van der Waals surface area (Å²) in [7, 11) is 0. The Bertz CT molecular complexity index is 743. The van der Waals surface area contributed by atoms with E-state index in [1.54, 1.807) is 0 Å². The van der Waals surface area contributed by atoms with Crippen molar-refractivity contribution >= 4 is 37.9 Å². The van der Waals surface area contributed by atoms with Crippen molar-refractivity contribution in [3.63, 3.8) is 0 Å². The highest BCUT2D eigenvalue weighted by molar-refractivity contribution is 9.10. The third-order valence-corrected chi connectivity index (χ3v) is 4.04. The van der Waals surface area contributed by atoms with Gasteiger partial charge in [-0.2, -0.15) is 0 Å². The Hall–Kier alpha value is -1.35. The number of aromatic amines is 1. The number of pyridine rings is 1. The number of rotatable bonds is 0. The number of fused-ring (bicyclic) bond motifs is 4. The molecule has 0 atom stereocenters. The Balaban J connectivity index is 2.15. The molecule has 2 aromatic heterocycles. The molecular weight excluding hydrogens is 276 g/mol. The van der Waals surface area contributed by atoms with Gasteiger partial charge in [-0.3, -0.25) is 4.98 Å². The number of H-pyrrole nitrogens is 1. The molecule has 3 aromatic rings. The smallest absolute Gasteiger partial charge is 0.0958 e. The number of aryl methyl sites for hydroxylation is 2. The minimum absolute atomic E-state index is 1.02. The molecule has 0 saturated heterocycles. The van der Waals surface area contributed by atoms with E-state index in [1.807, 2.05) is 6.20 Å². The number of nitrogens with zero attached hydrogens (tertiary/aromatic N) is 1. The minimum Gasteiger partial charge on any atom is -0.353 e. The van der Waals surface area contributed by atoms with Gasteiger partial charge in [0.25, 0.3) is 0 Å². The van der Waals surface area contributed by atoms with Crippen molar-refractivity contribution in [1.82, 2.24) is 9.97 Å². The molecule has 17 heavy (non-hydrogen) atoms. The summed E-state index contributed by atoms with van der Waals surface area (Å²) in [5.41, 5.74) is 6.41. The zero-order valence-electron chi connectivity index (χ0n) is 9.26. The molecule has 4 rings (SSSR count). The van der Waals surface area contributed by atoms with Crippen LogP contribution in [-0.4, -0.2) is 9.97 Å². The lowest BCUT2D eigenvalue weighted by molar-refractivity contribution is 0.912. The van der Waals surface area contributed by atoms with Crippen LogP contribution in [0.1, 0.15) is 17.5 Å². The third-order valence-electron chi connectivity index (χ3n) is 3.61. The molecule has 1 aliphatic rings. The van der Waals surface area contributed by atoms with Crippen LogP contribution in [0.3, 0.4) is 0 Å². The summed E-state index contributed by atoms with van der Waals surface area (Å²) in [6, 6.07) is 6.71. The second-order valence-corrected chi connectivity index (χ2v) is 5.61. The number of aromatic nitrogens is 2. The molecule has 1 N–H and O–H groups in total. The molecule has 1 aliphatic carbocycles. The van der Waals surface area contributed by atoms with E-state index in [1.165, 1.54) is 41.3 Å². The van der Waals surface area contributed by atoms with Crippen molar-refractivity contribution in [2.24, 2.45) is 0 Å². The summed E-state index contributed by atoms with van der Waals surface area (Å²) in [5, 5.41) is 1.26. The molecule has 0 unspecified atom stereocenters. The van der Waals surface area contributed by atoms with Gasteiger partial charge in [0.1, 0.15) is 0 Å². The first-order valence-electron chi connectivity index (χ1n) is 5.90. The maximum absolute atomic E-state index is 4.52. The topological polar surface area (TPSA) is 28.7 Å². The minimum atomic E-state index is 1.02. The van der Waals surface area contributed by atoms with Gasteiger partial charge in [-0.1, -0.05) is 0 Å². The first kappa shape index (κ1) is 9.66. The number of hydrogen-bond acceptors (Lipinski definition) is 1. The van der Waals surface area contributed by atoms with E-state index in [-0.39, 0.29) is 0 Å². The van der Waals surface area contributed by atoms with Gasteiger partial charge in [0.05, 0.1) is 11.0 Å². The predicted molar refractivity (Wildman–Crippen MR) is 73.3 cm³/mol. The Kier molecular flexibility index (Phi) is 1.89. The fourth-order valence-electron chi connectivity index (χ4n) is 2.82. The summed E-state index contributed by atoms with van der Waals surface area (Å²) in [6.45, 7) is 0. The molecule has 2 heterocycles. The average molecular weight is 287 g/mol. The van der Waals surface area contributed by atoms with Crippen LogP contribution in [0.5, 0.6) is 0 Å². The molecule has 0 amide bonds. The van der Waals surface area contributed by atoms with E-state index in [4.69, 9.17) is 0 Å². The van der Waals surface area contributed by atoms with Crippen LogP contribution < -0.4 is 0 Å². The lowest BCUT2D eigenvalue weighted by Gasteiger charge is -1.98. The van der Waals surface area contributed by atoms with E-state index in [0.717, 1.165) is 15.5 Å². The average Bonchev–Trinajstić information content (AvgIpc) is 2.87. The van der Waals surface area contributed by atoms with Crippen LogP contribution >= 0.6 is 15.9 Å². The van der Waals surface area contributed by atoms with Gasteiger partial charge in [-0.25, -0.2) is 0 Å². The highest BCUT2D eigenvalue weighted by Crippen LogP contribution is 2.31. The molecule has 0 spiro atoms. The van der Waals surface area contributed by atoms with E-state index in [9.17, 15) is 0 Å². The molecule has 0 saturated carbocycles. The molecule has 84 valence electrons. The summed E-state index contributed by atoms with van der Waals surface area (Å²) in [6.07, 6.45) is 5.59. The number of benzene rings is 1. The molecule has 0 radical (unpaired) electrons. The van der Waals surface area contributed by atoms with E-state index in [0.29, 0.717) is 0 Å². The van der Waals surface area contributed by atoms with Crippen molar-refractivity contribution < 1.29 is 0 Å². The Morgan fingerprint density at radius 2 is 1.88 bits per heavy atom. The van der Waals surface area contributed by atoms with Crippen molar-refractivity contribution in [3.8, 4) is 0 Å². The van der Waals surface area contributed by atoms with E-state index >= 15 is 0 Å². The second-order valence-electron chi connectivity index (χ2n) is 4.69. The SMILES string of the molecule is Brc1cnc2c(c1)[nH]c1cc3c(cc12)CCC3. The van der Waals surface area contributed by atoms with Gasteiger partial charge in [0.15, 0.2) is 0 Å². The van der Waals surface area contributed by atoms with Crippen LogP contribution in [0.4, 0.5) is 0 Å². The lowest BCUT2D eigenvalue weighted by atomic mass is 10.1. The van der Waals surface area contributed by atoms with Gasteiger partial charge in [-0.15, -0.1) is 0 Å². The summed E-state index contributed by atoms with van der Waals surface area (Å²) < 4.78 is 1.02. The Morgan fingerprint density at radius 3 is 2.76 bits per heavy atom. The van der Waals surface area contributed by atoms with Crippen LogP contribution in [0.2, 0.25) is 0 Å². The van der Waals surface area contributed by atoms with Crippen molar-refractivity contribution in [2.75, 3.05) is 0 Å². The first-order valence-corrected chi connectivity index (χ1v) is 6.69. The fourth-order valence-corrected chi connectivity index (χ4v) is 3.15. The van der Waals surface area contributed by atoms with E-state index < -0.39 is 0 Å². The zero-order chi connectivity index (χ0) is 11.4. The Labute approximate surface area is 107 Å². The Morgan fingerprint density at radius 1 is 1.06 bits per heavy atom. The molecule has 0 bridgehead atoms. The molecule has 1 aromatic carbocycles. The van der Waals surface area contributed by atoms with Crippen LogP contribution in [0.15, 0.2) is 28.9 Å². The van der Waals surface area contributed by atoms with Crippen LogP contribution in [-0.2, 0) is 12.8 Å². The maximum Gasteiger partial charge on any atom is 0.0958 e. The zero-order valence-corrected chi connectivity index (χ0v) is 10.8. The second kappa shape index (κ2) is 3.33. The normalized spacial score (nSPS) is 14.6. The van der Waals surface area contributed by atoms with Crippen LogP contribution in [0.25, 0.3) is 21.9 Å². The van der Waals surface area contributed by atoms with Gasteiger partial charge >= 0.3 is 0 Å². The standard InChI is InChI=1S/C14H11BrN2/c15-10-6-13-14(16-7-10)11-4-8-2-1-3-9(8)5-12(11)17-13/h4-7,17H,1-3H2. The third kappa shape index (κ3) is 1.35. The molecule has 3 heteroatoms. The van der Waals surface area contributed by atoms with Crippen LogP contribution in [0, 0.1) is 0 Å². The molecule has 0 fully saturated rings.